The second-order valence-electron chi connectivity index (χ2n) is 11.6. The van der Waals surface area contributed by atoms with E-state index in [9.17, 15) is 9.59 Å². The third-order valence-electron chi connectivity index (χ3n) is 7.59. The van der Waals surface area contributed by atoms with E-state index in [1.807, 2.05) is 37.7 Å². The monoisotopic (exact) mass is 503 g/mol. The van der Waals surface area contributed by atoms with E-state index in [0.717, 1.165) is 59.2 Å². The highest BCUT2D eigenvalue weighted by molar-refractivity contribution is 5.79. The first-order chi connectivity index (χ1) is 17.7. The smallest absolute Gasteiger partial charge is 0.410 e. The van der Waals surface area contributed by atoms with Gasteiger partial charge >= 0.3 is 12.1 Å². The van der Waals surface area contributed by atoms with Crippen LogP contribution < -0.4 is 0 Å². The van der Waals surface area contributed by atoms with Crippen molar-refractivity contribution >= 4 is 23.1 Å². The van der Waals surface area contributed by atoms with Crippen molar-refractivity contribution in [2.75, 3.05) is 20.2 Å². The van der Waals surface area contributed by atoms with Gasteiger partial charge in [0.15, 0.2) is 0 Å². The predicted molar refractivity (Wildman–Crippen MR) is 137 cm³/mol. The van der Waals surface area contributed by atoms with Crippen LogP contribution in [0, 0.1) is 5.92 Å². The molecule has 0 spiro atoms. The summed E-state index contributed by atoms with van der Waals surface area (Å²) >= 11 is 0. The molecule has 3 aromatic rings. The lowest BCUT2D eigenvalue weighted by Crippen LogP contribution is -2.50. The number of nitrogens with zero attached hydrogens (tertiary/aromatic N) is 5. The van der Waals surface area contributed by atoms with Crippen molar-refractivity contribution in [3.63, 3.8) is 0 Å². The van der Waals surface area contributed by atoms with Crippen molar-refractivity contribution in [3.8, 4) is 11.3 Å². The van der Waals surface area contributed by atoms with Crippen LogP contribution in [-0.2, 0) is 14.3 Å². The Hall–Kier alpha value is -3.49. The number of benzene rings is 1. The minimum Gasteiger partial charge on any atom is -0.469 e. The van der Waals surface area contributed by atoms with E-state index in [2.05, 4.69) is 18.3 Å². The van der Waals surface area contributed by atoms with Crippen molar-refractivity contribution < 1.29 is 19.1 Å². The molecule has 1 amide bonds. The summed E-state index contributed by atoms with van der Waals surface area (Å²) in [7, 11) is 1.44. The largest absolute Gasteiger partial charge is 0.469 e. The van der Waals surface area contributed by atoms with Gasteiger partial charge in [-0.1, -0.05) is 6.07 Å². The Morgan fingerprint density at radius 1 is 1.05 bits per heavy atom. The summed E-state index contributed by atoms with van der Waals surface area (Å²) in [4.78, 5) is 35.6. The molecule has 1 aliphatic heterocycles. The number of carbonyl (C=O) groups excluding carboxylic acids is 2. The first-order valence-corrected chi connectivity index (χ1v) is 13.1. The number of aromatic nitrogens is 4. The van der Waals surface area contributed by atoms with E-state index in [4.69, 9.17) is 24.5 Å². The molecule has 2 aromatic heterocycles. The van der Waals surface area contributed by atoms with Crippen LogP contribution in [0.2, 0.25) is 0 Å². The molecule has 194 valence electrons. The molecule has 0 bridgehead atoms. The van der Waals surface area contributed by atoms with Crippen LogP contribution in [0.1, 0.15) is 75.6 Å². The van der Waals surface area contributed by atoms with Crippen molar-refractivity contribution in [1.29, 1.82) is 0 Å². The third-order valence-corrected chi connectivity index (χ3v) is 7.59. The first kappa shape index (κ1) is 23.9. The molecule has 0 radical (unpaired) electrons. The summed E-state index contributed by atoms with van der Waals surface area (Å²) in [6.07, 6.45) is 7.44. The molecule has 6 rings (SSSR count). The van der Waals surface area contributed by atoms with E-state index in [-0.39, 0.29) is 29.9 Å². The summed E-state index contributed by atoms with van der Waals surface area (Å²) in [5.74, 6) is 0.547. The molecular weight excluding hydrogens is 470 g/mol. The molecule has 2 aliphatic carbocycles. The van der Waals surface area contributed by atoms with Crippen LogP contribution in [-0.4, -0.2) is 62.5 Å². The van der Waals surface area contributed by atoms with Gasteiger partial charge in [0, 0.05) is 36.7 Å². The van der Waals surface area contributed by atoms with Gasteiger partial charge < -0.3 is 14.4 Å². The van der Waals surface area contributed by atoms with Gasteiger partial charge in [0.2, 0.25) is 0 Å². The lowest BCUT2D eigenvalue weighted by Gasteiger charge is -2.40. The van der Waals surface area contributed by atoms with Gasteiger partial charge in [-0.15, -0.1) is 0 Å². The Bertz CT molecular complexity index is 1360. The number of hydrogen-bond acceptors (Lipinski definition) is 7. The van der Waals surface area contributed by atoms with Crippen LogP contribution in [0.15, 0.2) is 30.6 Å². The number of amides is 1. The molecule has 3 heterocycles. The van der Waals surface area contributed by atoms with E-state index >= 15 is 0 Å². The average Bonchev–Trinajstić information content (AvgIpc) is 3.54. The first-order valence-electron chi connectivity index (χ1n) is 13.1. The zero-order chi connectivity index (χ0) is 25.9. The van der Waals surface area contributed by atoms with Crippen molar-refractivity contribution in [1.82, 2.24) is 24.6 Å². The van der Waals surface area contributed by atoms with Crippen LogP contribution in [0.4, 0.5) is 4.79 Å². The molecular formula is C28H33N5O4. The van der Waals surface area contributed by atoms with E-state index in [1.165, 1.54) is 7.11 Å². The molecule has 0 unspecified atom stereocenters. The quantitative estimate of drug-likeness (QED) is 0.460. The molecule has 37 heavy (non-hydrogen) atoms. The second kappa shape index (κ2) is 8.82. The molecule has 9 nitrogen and oxygen atoms in total. The SMILES string of the molecule is COC(=O)C1CC(n2cc(-c3cnc4ccc(C5CN(C(=O)OC(C)(C)C)C5)cc4n3)c(C3CC3)n2)C1. The normalized spacial score (nSPS) is 21.9. The van der Waals surface area contributed by atoms with Gasteiger partial charge in [0.1, 0.15) is 5.60 Å². The highest BCUT2D eigenvalue weighted by Crippen LogP contribution is 2.45. The number of ether oxygens (including phenoxy) is 2. The Balaban J connectivity index is 1.21. The lowest BCUT2D eigenvalue weighted by molar-refractivity contribution is -0.149. The maximum atomic E-state index is 12.3. The fourth-order valence-electron chi connectivity index (χ4n) is 5.19. The number of hydrogen-bond donors (Lipinski definition) is 0. The predicted octanol–water partition coefficient (Wildman–Crippen LogP) is 4.83. The van der Waals surface area contributed by atoms with Crippen molar-refractivity contribution in [2.24, 2.45) is 5.92 Å². The highest BCUT2D eigenvalue weighted by Gasteiger charge is 2.39. The Kier molecular flexibility index (Phi) is 5.69. The number of carbonyl (C=O) groups is 2. The number of likely N-dealkylation sites (tertiary alicyclic amines) is 1. The maximum absolute atomic E-state index is 12.3. The van der Waals surface area contributed by atoms with Crippen molar-refractivity contribution in [2.45, 2.75) is 69.9 Å². The summed E-state index contributed by atoms with van der Waals surface area (Å²) in [6, 6.07) is 6.39. The van der Waals surface area contributed by atoms with Gasteiger partial charge in [-0.05, 0) is 64.2 Å². The Morgan fingerprint density at radius 2 is 1.81 bits per heavy atom. The minimum atomic E-state index is -0.494. The van der Waals surface area contributed by atoms with Gasteiger partial charge in [0.25, 0.3) is 0 Å². The third kappa shape index (κ3) is 4.67. The molecule has 1 saturated heterocycles. The molecule has 3 fully saturated rings. The van der Waals surface area contributed by atoms with Gasteiger partial charge in [0.05, 0.1) is 47.7 Å². The molecule has 0 N–H and O–H groups in total. The summed E-state index contributed by atoms with van der Waals surface area (Å²) in [5.41, 5.74) is 5.28. The molecule has 2 saturated carbocycles. The zero-order valence-corrected chi connectivity index (χ0v) is 21.8. The van der Waals surface area contributed by atoms with E-state index in [1.54, 1.807) is 4.90 Å². The molecule has 0 atom stereocenters. The van der Waals surface area contributed by atoms with Crippen LogP contribution >= 0.6 is 0 Å². The minimum absolute atomic E-state index is 0.0383. The number of rotatable bonds is 5. The van der Waals surface area contributed by atoms with Crippen LogP contribution in [0.5, 0.6) is 0 Å². The number of esters is 1. The van der Waals surface area contributed by atoms with E-state index in [0.29, 0.717) is 19.0 Å². The Morgan fingerprint density at radius 3 is 2.49 bits per heavy atom. The maximum Gasteiger partial charge on any atom is 0.410 e. The second-order valence-corrected chi connectivity index (χ2v) is 11.6. The lowest BCUT2D eigenvalue weighted by atomic mass is 9.80. The summed E-state index contributed by atoms with van der Waals surface area (Å²) in [5, 5.41) is 4.94. The van der Waals surface area contributed by atoms with Gasteiger partial charge in [-0.2, -0.15) is 5.10 Å². The highest BCUT2D eigenvalue weighted by atomic mass is 16.6. The number of fused-ring (bicyclic) bond motifs is 1. The Labute approximate surface area is 216 Å². The standard InChI is InChI=1S/C28H33N5O4/c1-28(2,3)37-27(35)32-13-19(14-32)17-7-8-22-23(11-17)30-24(12-29-22)21-15-33(31-25(21)16-5-6-16)20-9-18(10-20)26(34)36-4/h7-8,11-12,15-16,18-20H,5-6,9-10,13-14H2,1-4H3. The van der Waals surface area contributed by atoms with Crippen LogP contribution in [0.3, 0.4) is 0 Å². The van der Waals surface area contributed by atoms with E-state index < -0.39 is 5.60 Å². The zero-order valence-electron chi connectivity index (χ0n) is 21.8. The fourth-order valence-corrected chi connectivity index (χ4v) is 5.19. The molecule has 3 aliphatic rings. The van der Waals surface area contributed by atoms with Gasteiger partial charge in [-0.25, -0.2) is 9.78 Å². The average molecular weight is 504 g/mol. The fraction of sp³-hybridized carbons (Fsp3) is 0.536. The number of methoxy groups -OCH3 is 1. The summed E-state index contributed by atoms with van der Waals surface area (Å²) < 4.78 is 12.4. The topological polar surface area (TPSA) is 99.4 Å². The molecule has 9 heteroatoms. The van der Waals surface area contributed by atoms with Gasteiger partial charge in [-0.3, -0.25) is 14.5 Å². The molecule has 1 aromatic carbocycles. The summed E-state index contributed by atoms with van der Waals surface area (Å²) in [6.45, 7) is 6.92. The van der Waals surface area contributed by atoms with Crippen molar-refractivity contribution in [3.05, 3.63) is 41.9 Å². The van der Waals surface area contributed by atoms with Crippen LogP contribution in [0.25, 0.3) is 22.3 Å².